The molecule has 0 aromatic carbocycles. The molecule has 1 N–H and O–H groups in total. The van der Waals surface area contributed by atoms with Crippen LogP contribution in [0.1, 0.15) is 58.3 Å². The lowest BCUT2D eigenvalue weighted by atomic mass is 9.91. The van der Waals surface area contributed by atoms with E-state index in [-0.39, 0.29) is 56.8 Å². The molecule has 2 aliphatic rings. The molecule has 200 valence electrons. The van der Waals surface area contributed by atoms with Crippen LogP contribution in [0.2, 0.25) is 0 Å². The summed E-state index contributed by atoms with van der Waals surface area (Å²) in [6.45, 7) is 2.03. The quantitative estimate of drug-likeness (QED) is 0.237. The minimum atomic E-state index is -2.56. The molecule has 2 saturated carbocycles. The number of amides is 1. The van der Waals surface area contributed by atoms with Crippen molar-refractivity contribution in [2.24, 2.45) is 0 Å². The molecule has 1 amide bonds. The highest BCUT2D eigenvalue weighted by atomic mass is 35.5. The molecule has 2 rings (SSSR count). The van der Waals surface area contributed by atoms with E-state index in [1.165, 1.54) is 26.3 Å². The second-order valence-corrected chi connectivity index (χ2v) is 7.50. The summed E-state index contributed by atoms with van der Waals surface area (Å²) < 4.78 is 55.7. The van der Waals surface area contributed by atoms with E-state index in [1.807, 2.05) is 0 Å². The van der Waals surface area contributed by atoms with Crippen LogP contribution in [0, 0.1) is 0 Å². The number of nitrogens with zero attached hydrogens (tertiary/aromatic N) is 1. The van der Waals surface area contributed by atoms with Gasteiger partial charge < -0.3 is 9.57 Å². The van der Waals surface area contributed by atoms with Gasteiger partial charge in [0.1, 0.15) is 0 Å². The van der Waals surface area contributed by atoms with Crippen molar-refractivity contribution in [3.63, 3.8) is 0 Å². The number of nitrogens with one attached hydrogen (secondary N) is 1. The predicted molar refractivity (Wildman–Crippen MR) is 123 cm³/mol. The summed E-state index contributed by atoms with van der Waals surface area (Å²) in [5.74, 6) is -5.84. The Kier molecular flexibility index (Phi) is 18.0. The number of alkyl halides is 4. The molecule has 12 heteroatoms. The van der Waals surface area contributed by atoms with Gasteiger partial charge in [-0.15, -0.1) is 12.4 Å². The van der Waals surface area contributed by atoms with Gasteiger partial charge in [0.05, 0.1) is 20.8 Å². The summed E-state index contributed by atoms with van der Waals surface area (Å²) in [5.41, 5.74) is 3.98. The lowest BCUT2D eigenvalue weighted by Crippen LogP contribution is -2.25. The number of hydrogen-bond acceptors (Lipinski definition) is 6. The molecule has 0 unspecified atom stereocenters. The second kappa shape index (κ2) is 17.7. The maximum atomic E-state index is 12.8. The SMILES string of the molecule is CCOC(=O)C=C1CCC(F)(F)CC1.CNOC.CON(C)C(=O)C=C1CCC(F)(F)CC1.Cl. The van der Waals surface area contributed by atoms with Crippen LogP contribution in [0.25, 0.3) is 0 Å². The Labute approximate surface area is 205 Å². The van der Waals surface area contributed by atoms with Crippen LogP contribution < -0.4 is 5.48 Å². The van der Waals surface area contributed by atoms with E-state index in [9.17, 15) is 27.2 Å². The first-order chi connectivity index (χ1) is 15.4. The van der Waals surface area contributed by atoms with Crippen LogP contribution in [-0.4, -0.2) is 63.7 Å². The van der Waals surface area contributed by atoms with Crippen molar-refractivity contribution in [2.75, 3.05) is 34.9 Å². The van der Waals surface area contributed by atoms with Crippen LogP contribution in [-0.2, 0) is 24.0 Å². The zero-order chi connectivity index (χ0) is 25.5. The van der Waals surface area contributed by atoms with Crippen LogP contribution in [0.15, 0.2) is 23.3 Å². The summed E-state index contributed by atoms with van der Waals surface area (Å²) in [6.07, 6.45) is 3.27. The van der Waals surface area contributed by atoms with Crippen LogP contribution in [0.5, 0.6) is 0 Å². The van der Waals surface area contributed by atoms with Crippen molar-refractivity contribution in [1.82, 2.24) is 10.5 Å². The Balaban J connectivity index is 0. The fraction of sp³-hybridized carbons (Fsp3) is 0.727. The lowest BCUT2D eigenvalue weighted by Gasteiger charge is -2.23. The van der Waals surface area contributed by atoms with Gasteiger partial charge >= 0.3 is 5.97 Å². The van der Waals surface area contributed by atoms with Crippen molar-refractivity contribution in [1.29, 1.82) is 0 Å². The van der Waals surface area contributed by atoms with E-state index in [1.54, 1.807) is 21.1 Å². The highest BCUT2D eigenvalue weighted by molar-refractivity contribution is 5.87. The maximum Gasteiger partial charge on any atom is 0.330 e. The minimum absolute atomic E-state index is 0. The van der Waals surface area contributed by atoms with Gasteiger partial charge in [0.15, 0.2) is 0 Å². The van der Waals surface area contributed by atoms with Gasteiger partial charge in [0.2, 0.25) is 11.8 Å². The summed E-state index contributed by atoms with van der Waals surface area (Å²) in [5, 5.41) is 1.07. The van der Waals surface area contributed by atoms with Crippen molar-refractivity contribution in [3.8, 4) is 0 Å². The number of ether oxygens (including phenoxy) is 1. The molecule has 0 atom stereocenters. The molecular weight excluding hydrogens is 484 g/mol. The smallest absolute Gasteiger partial charge is 0.330 e. The van der Waals surface area contributed by atoms with Gasteiger partial charge in [-0.05, 0) is 32.6 Å². The first-order valence-electron chi connectivity index (χ1n) is 10.7. The van der Waals surface area contributed by atoms with Gasteiger partial charge in [-0.2, -0.15) is 0 Å². The standard InChI is InChI=1S/C10H15F2NO2.C10H14F2O2.C2H7NO.ClH/c1-13(15-2)9(14)7-8-3-5-10(11,12)6-4-8;1-2-14-9(13)7-8-3-5-10(11,12)6-4-8;1-3-4-2;/h7H,3-6H2,1-2H3;7H,2-6H2,1H3;3H,1-2H3;1H. The van der Waals surface area contributed by atoms with Gasteiger partial charge in [-0.1, -0.05) is 11.1 Å². The molecule has 0 bridgehead atoms. The Morgan fingerprint density at radius 1 is 0.941 bits per heavy atom. The van der Waals surface area contributed by atoms with Crippen molar-refractivity contribution < 1.29 is 41.6 Å². The predicted octanol–water partition coefficient (Wildman–Crippen LogP) is 5.02. The number of halogens is 5. The largest absolute Gasteiger partial charge is 0.463 e. The summed E-state index contributed by atoms with van der Waals surface area (Å²) in [7, 11) is 6.14. The number of hydrogen-bond donors (Lipinski definition) is 1. The summed E-state index contributed by atoms with van der Waals surface area (Å²) in [4.78, 5) is 31.3. The van der Waals surface area contributed by atoms with E-state index in [0.717, 1.165) is 16.2 Å². The number of carbonyl (C=O) groups is 2. The third-order valence-corrected chi connectivity index (χ3v) is 4.97. The highest BCUT2D eigenvalue weighted by Gasteiger charge is 2.33. The molecule has 2 fully saturated rings. The Morgan fingerprint density at radius 2 is 1.32 bits per heavy atom. The topological polar surface area (TPSA) is 77.1 Å². The van der Waals surface area contributed by atoms with Crippen molar-refractivity contribution >= 4 is 24.3 Å². The second-order valence-electron chi connectivity index (χ2n) is 7.50. The molecule has 7 nitrogen and oxygen atoms in total. The van der Waals surface area contributed by atoms with E-state index in [0.29, 0.717) is 19.4 Å². The maximum absolute atomic E-state index is 12.8. The van der Waals surface area contributed by atoms with Crippen LogP contribution in [0.4, 0.5) is 17.6 Å². The lowest BCUT2D eigenvalue weighted by molar-refractivity contribution is -0.162. The Bertz CT molecular complexity index is 650. The molecular formula is C22H37ClF4N2O5. The third kappa shape index (κ3) is 16.0. The van der Waals surface area contributed by atoms with E-state index in [2.05, 4.69) is 15.2 Å². The normalized spacial score (nSPS) is 18.0. The highest BCUT2D eigenvalue weighted by Crippen LogP contribution is 2.36. The van der Waals surface area contributed by atoms with Gasteiger partial charge in [0, 0.05) is 51.9 Å². The summed E-state index contributed by atoms with van der Waals surface area (Å²) in [6, 6.07) is 0. The number of rotatable bonds is 5. The van der Waals surface area contributed by atoms with Gasteiger partial charge in [0.25, 0.3) is 5.91 Å². The molecule has 2 aliphatic carbocycles. The van der Waals surface area contributed by atoms with E-state index >= 15 is 0 Å². The van der Waals surface area contributed by atoms with Crippen LogP contribution in [0.3, 0.4) is 0 Å². The molecule has 0 heterocycles. The fourth-order valence-corrected chi connectivity index (χ4v) is 2.87. The number of hydroxylamine groups is 3. The van der Waals surface area contributed by atoms with Gasteiger partial charge in [-0.3, -0.25) is 9.63 Å². The zero-order valence-electron chi connectivity index (χ0n) is 20.4. The van der Waals surface area contributed by atoms with Gasteiger partial charge in [-0.25, -0.2) is 32.9 Å². The first-order valence-corrected chi connectivity index (χ1v) is 10.7. The molecule has 0 radical (unpaired) electrons. The number of esters is 1. The molecule has 0 spiro atoms. The molecule has 0 saturated heterocycles. The van der Waals surface area contributed by atoms with Crippen LogP contribution >= 0.6 is 12.4 Å². The zero-order valence-corrected chi connectivity index (χ0v) is 21.2. The Hall–Kier alpha value is -1.69. The monoisotopic (exact) mass is 520 g/mol. The summed E-state index contributed by atoms with van der Waals surface area (Å²) >= 11 is 0. The van der Waals surface area contributed by atoms with Crippen molar-refractivity contribution in [3.05, 3.63) is 23.3 Å². The number of carbonyl (C=O) groups excluding carboxylic acids is 2. The van der Waals surface area contributed by atoms with E-state index in [4.69, 9.17) is 4.74 Å². The minimum Gasteiger partial charge on any atom is -0.463 e. The molecule has 0 aliphatic heterocycles. The number of likely N-dealkylation sites (N-methyl/N-ethyl adjacent to an activating group) is 1. The molecule has 34 heavy (non-hydrogen) atoms. The average molecular weight is 521 g/mol. The van der Waals surface area contributed by atoms with E-state index < -0.39 is 17.8 Å². The van der Waals surface area contributed by atoms with Crippen molar-refractivity contribution in [2.45, 2.75) is 70.1 Å². The Morgan fingerprint density at radius 3 is 1.65 bits per heavy atom. The number of allylic oxidation sites excluding steroid dienone is 2. The first kappa shape index (κ1) is 34.5. The third-order valence-electron chi connectivity index (χ3n) is 4.97. The molecule has 0 aromatic rings. The fourth-order valence-electron chi connectivity index (χ4n) is 2.87. The average Bonchev–Trinajstić information content (AvgIpc) is 2.77. The molecule has 0 aromatic heterocycles.